The summed E-state index contributed by atoms with van der Waals surface area (Å²) in [6.07, 6.45) is 0.985. The largest absolute Gasteiger partial charge is 0.419 e. The average molecular weight is 250 g/mol. The molecule has 2 aromatic rings. The number of fused-ring (bicyclic) bond motifs is 1. The lowest BCUT2D eigenvalue weighted by molar-refractivity contribution is 0.119. The third-order valence-corrected chi connectivity index (χ3v) is 2.84. The van der Waals surface area contributed by atoms with Gasteiger partial charge in [-0.05, 0) is 37.7 Å². The molecule has 0 bridgehead atoms. The molecule has 18 heavy (non-hydrogen) atoms. The van der Waals surface area contributed by atoms with Gasteiger partial charge in [0, 0.05) is 13.7 Å². The lowest BCUT2D eigenvalue weighted by Gasteiger charge is -2.04. The molecule has 0 saturated heterocycles. The summed E-state index contributed by atoms with van der Waals surface area (Å²) in [6.45, 7) is 2.21. The van der Waals surface area contributed by atoms with E-state index in [-0.39, 0.29) is 5.76 Å². The van der Waals surface area contributed by atoms with Crippen molar-refractivity contribution >= 4 is 11.1 Å². The number of rotatable bonds is 6. The van der Waals surface area contributed by atoms with E-state index in [0.717, 1.165) is 30.7 Å². The standard InChI is InChI=1S/C13H18N2O3/c1-14-6-3-7-17-9-10-4-5-11-12(8-10)18-13(16)15(11)2/h4-5,8,14H,3,6-7,9H2,1-2H3. The lowest BCUT2D eigenvalue weighted by Crippen LogP contribution is -2.10. The van der Waals surface area contributed by atoms with Gasteiger partial charge in [0.2, 0.25) is 0 Å². The summed E-state index contributed by atoms with van der Waals surface area (Å²) in [5.41, 5.74) is 2.43. The van der Waals surface area contributed by atoms with Crippen molar-refractivity contribution in [1.82, 2.24) is 9.88 Å². The van der Waals surface area contributed by atoms with Gasteiger partial charge < -0.3 is 14.5 Å². The smallest absolute Gasteiger partial charge is 0.408 e. The summed E-state index contributed by atoms with van der Waals surface area (Å²) in [5.74, 6) is -0.336. The molecular formula is C13H18N2O3. The number of benzene rings is 1. The second-order valence-corrected chi connectivity index (χ2v) is 4.24. The molecular weight excluding hydrogens is 232 g/mol. The predicted molar refractivity (Wildman–Crippen MR) is 69.7 cm³/mol. The van der Waals surface area contributed by atoms with Crippen LogP contribution in [0.15, 0.2) is 27.4 Å². The van der Waals surface area contributed by atoms with E-state index in [9.17, 15) is 4.79 Å². The number of nitrogens with zero attached hydrogens (tertiary/aromatic N) is 1. The first-order valence-electron chi connectivity index (χ1n) is 6.03. The molecule has 0 atom stereocenters. The minimum absolute atomic E-state index is 0.336. The summed E-state index contributed by atoms with van der Waals surface area (Å²) in [4.78, 5) is 11.3. The van der Waals surface area contributed by atoms with Crippen molar-refractivity contribution in [3.8, 4) is 0 Å². The highest BCUT2D eigenvalue weighted by Gasteiger charge is 2.06. The fourth-order valence-corrected chi connectivity index (χ4v) is 1.81. The number of hydrogen-bond donors (Lipinski definition) is 1. The van der Waals surface area contributed by atoms with E-state index in [4.69, 9.17) is 9.15 Å². The molecule has 0 spiro atoms. The lowest BCUT2D eigenvalue weighted by atomic mass is 10.2. The third-order valence-electron chi connectivity index (χ3n) is 2.84. The van der Waals surface area contributed by atoms with Crippen molar-refractivity contribution in [3.63, 3.8) is 0 Å². The molecule has 1 aromatic carbocycles. The number of hydrogen-bond acceptors (Lipinski definition) is 4. The molecule has 0 aliphatic heterocycles. The fourth-order valence-electron chi connectivity index (χ4n) is 1.81. The van der Waals surface area contributed by atoms with E-state index in [2.05, 4.69) is 5.32 Å². The van der Waals surface area contributed by atoms with Crippen LogP contribution >= 0.6 is 0 Å². The van der Waals surface area contributed by atoms with Crippen LogP contribution < -0.4 is 11.1 Å². The first kappa shape index (κ1) is 12.9. The molecule has 5 heteroatoms. The average Bonchev–Trinajstić information content (AvgIpc) is 2.65. The number of aromatic nitrogens is 1. The van der Waals surface area contributed by atoms with Crippen LogP contribution in [0.5, 0.6) is 0 Å². The van der Waals surface area contributed by atoms with E-state index < -0.39 is 0 Å². The summed E-state index contributed by atoms with van der Waals surface area (Å²) in [5, 5.41) is 3.07. The molecule has 2 rings (SSSR count). The maximum absolute atomic E-state index is 11.3. The maximum Gasteiger partial charge on any atom is 0.419 e. The minimum Gasteiger partial charge on any atom is -0.408 e. The molecule has 98 valence electrons. The van der Waals surface area contributed by atoms with Crippen molar-refractivity contribution < 1.29 is 9.15 Å². The quantitative estimate of drug-likeness (QED) is 0.784. The van der Waals surface area contributed by atoms with E-state index in [0.29, 0.717) is 12.2 Å². The molecule has 0 fully saturated rings. The second kappa shape index (κ2) is 5.84. The first-order valence-corrected chi connectivity index (χ1v) is 6.03. The highest BCUT2D eigenvalue weighted by molar-refractivity contribution is 5.73. The molecule has 0 saturated carbocycles. The van der Waals surface area contributed by atoms with Gasteiger partial charge in [0.1, 0.15) is 0 Å². The zero-order valence-electron chi connectivity index (χ0n) is 10.7. The van der Waals surface area contributed by atoms with Crippen LogP contribution in [-0.4, -0.2) is 24.8 Å². The summed E-state index contributed by atoms with van der Waals surface area (Å²) in [6, 6.07) is 5.69. The normalized spacial score (nSPS) is 11.2. The second-order valence-electron chi connectivity index (χ2n) is 4.24. The van der Waals surface area contributed by atoms with Gasteiger partial charge in [0.15, 0.2) is 5.58 Å². The van der Waals surface area contributed by atoms with Gasteiger partial charge >= 0.3 is 5.76 Å². The zero-order valence-corrected chi connectivity index (χ0v) is 10.7. The molecule has 0 radical (unpaired) electrons. The van der Waals surface area contributed by atoms with Gasteiger partial charge in [0.25, 0.3) is 0 Å². The summed E-state index contributed by atoms with van der Waals surface area (Å²) < 4.78 is 12.2. The van der Waals surface area contributed by atoms with Gasteiger partial charge in [-0.25, -0.2) is 4.79 Å². The highest BCUT2D eigenvalue weighted by Crippen LogP contribution is 2.14. The number of oxazole rings is 1. The Morgan fingerprint density at radius 3 is 3.06 bits per heavy atom. The van der Waals surface area contributed by atoms with Crippen molar-refractivity contribution in [1.29, 1.82) is 0 Å². The van der Waals surface area contributed by atoms with Crippen molar-refractivity contribution in [3.05, 3.63) is 34.3 Å². The Bertz CT molecular complexity index is 571. The van der Waals surface area contributed by atoms with Gasteiger partial charge in [-0.15, -0.1) is 0 Å². The van der Waals surface area contributed by atoms with Crippen LogP contribution in [-0.2, 0) is 18.4 Å². The Morgan fingerprint density at radius 1 is 1.44 bits per heavy atom. The van der Waals surface area contributed by atoms with Crippen LogP contribution in [0.25, 0.3) is 11.1 Å². The van der Waals surface area contributed by atoms with Gasteiger partial charge in [0.05, 0.1) is 12.1 Å². The van der Waals surface area contributed by atoms with Crippen LogP contribution in [0.2, 0.25) is 0 Å². The first-order chi connectivity index (χ1) is 8.72. The Labute approximate surface area is 105 Å². The molecule has 0 amide bonds. The highest BCUT2D eigenvalue weighted by atomic mass is 16.5. The SMILES string of the molecule is CNCCCOCc1ccc2c(c1)oc(=O)n2C. The van der Waals surface area contributed by atoms with E-state index in [1.165, 1.54) is 4.57 Å². The van der Waals surface area contributed by atoms with Crippen LogP contribution in [0, 0.1) is 0 Å². The monoisotopic (exact) mass is 250 g/mol. The zero-order chi connectivity index (χ0) is 13.0. The molecule has 0 aliphatic rings. The molecule has 1 N–H and O–H groups in total. The predicted octanol–water partition coefficient (Wildman–Crippen LogP) is 1.26. The van der Waals surface area contributed by atoms with Crippen LogP contribution in [0.3, 0.4) is 0 Å². The Kier molecular flexibility index (Phi) is 4.17. The van der Waals surface area contributed by atoms with Crippen molar-refractivity contribution in [2.24, 2.45) is 7.05 Å². The molecule has 5 nitrogen and oxygen atoms in total. The van der Waals surface area contributed by atoms with Crippen molar-refractivity contribution in [2.45, 2.75) is 13.0 Å². The summed E-state index contributed by atoms with van der Waals surface area (Å²) in [7, 11) is 3.62. The van der Waals surface area contributed by atoms with E-state index >= 15 is 0 Å². The molecule has 1 heterocycles. The number of ether oxygens (including phenoxy) is 1. The maximum atomic E-state index is 11.3. The fraction of sp³-hybridized carbons (Fsp3) is 0.462. The molecule has 0 aliphatic carbocycles. The number of aryl methyl sites for hydroxylation is 1. The molecule has 1 aromatic heterocycles. The van der Waals surface area contributed by atoms with E-state index in [1.807, 2.05) is 25.2 Å². The topological polar surface area (TPSA) is 56.4 Å². The molecule has 0 unspecified atom stereocenters. The van der Waals surface area contributed by atoms with Gasteiger partial charge in [-0.2, -0.15) is 0 Å². The Balaban J connectivity index is 2.00. The van der Waals surface area contributed by atoms with Crippen molar-refractivity contribution in [2.75, 3.05) is 20.2 Å². The van der Waals surface area contributed by atoms with Gasteiger partial charge in [-0.1, -0.05) is 6.07 Å². The van der Waals surface area contributed by atoms with E-state index in [1.54, 1.807) is 7.05 Å². The Hall–Kier alpha value is -1.59. The summed E-state index contributed by atoms with van der Waals surface area (Å²) >= 11 is 0. The number of nitrogens with one attached hydrogen (secondary N) is 1. The minimum atomic E-state index is -0.336. The van der Waals surface area contributed by atoms with Crippen LogP contribution in [0.1, 0.15) is 12.0 Å². The third kappa shape index (κ3) is 2.80. The Morgan fingerprint density at radius 2 is 2.28 bits per heavy atom. The van der Waals surface area contributed by atoms with Gasteiger partial charge in [-0.3, -0.25) is 4.57 Å². The van der Waals surface area contributed by atoms with Crippen LogP contribution in [0.4, 0.5) is 0 Å².